The van der Waals surface area contributed by atoms with Gasteiger partial charge in [-0.3, -0.25) is 0 Å². The fourth-order valence-electron chi connectivity index (χ4n) is 12.4. The van der Waals surface area contributed by atoms with Crippen molar-refractivity contribution in [3.8, 4) is 11.5 Å². The van der Waals surface area contributed by atoms with Crippen molar-refractivity contribution in [3.63, 3.8) is 0 Å². The number of phenols is 2. The molecule has 0 bridgehead atoms. The smallest absolute Gasteiger partial charge is 0.115 e. The van der Waals surface area contributed by atoms with E-state index < -0.39 is 12.3 Å². The van der Waals surface area contributed by atoms with Crippen molar-refractivity contribution >= 4 is 0 Å². The summed E-state index contributed by atoms with van der Waals surface area (Å²) in [6, 6.07) is 10.8. The molecule has 0 aromatic heterocycles. The Labute approximate surface area is 278 Å². The van der Waals surface area contributed by atoms with Crippen LogP contribution in [0, 0.1) is 34.5 Å². The number of benzene rings is 2. The van der Waals surface area contributed by atoms with E-state index in [2.05, 4.69) is 27.0 Å². The lowest BCUT2D eigenvalue weighted by Crippen LogP contribution is -2.55. The van der Waals surface area contributed by atoms with Crippen LogP contribution in [0.1, 0.15) is 93.9 Å². The number of hydrogen-bond acceptors (Lipinski definition) is 4. The molecule has 2 aromatic rings. The SMILES string of the molecule is C=CC[C@]12CC[C@]3(C)C[C@H](O)C[C@H]3[C@@H]1[C@H](F)Cc1cc(O)ccc12.C=C[C@]12CC[C@]3(C)C[C@H](O)C[C@H]3[C@@H]1[C@H](F)Cc1cc(O)ccc12. The van der Waals surface area contributed by atoms with Gasteiger partial charge in [-0.05, 0) is 127 Å². The van der Waals surface area contributed by atoms with E-state index in [1.807, 2.05) is 24.3 Å². The van der Waals surface area contributed by atoms with Crippen LogP contribution in [0.2, 0.25) is 0 Å². The summed E-state index contributed by atoms with van der Waals surface area (Å²) in [4.78, 5) is 0. The Morgan fingerprint density at radius 1 is 0.745 bits per heavy atom. The van der Waals surface area contributed by atoms with Gasteiger partial charge in [0, 0.05) is 35.5 Å². The van der Waals surface area contributed by atoms with E-state index in [1.54, 1.807) is 24.3 Å². The van der Waals surface area contributed by atoms with Gasteiger partial charge in [-0.15, -0.1) is 13.2 Å². The highest BCUT2D eigenvalue weighted by Gasteiger charge is 2.62. The molecule has 2 aromatic carbocycles. The molecule has 6 heteroatoms. The zero-order chi connectivity index (χ0) is 33.5. The number of hydrogen-bond donors (Lipinski definition) is 4. The summed E-state index contributed by atoms with van der Waals surface area (Å²) in [5, 5.41) is 40.1. The molecule has 254 valence electrons. The maximum absolute atomic E-state index is 15.4. The number of fused-ring (bicyclic) bond motifs is 10. The summed E-state index contributed by atoms with van der Waals surface area (Å²) in [6.45, 7) is 12.5. The standard InChI is InChI=1S/C21H27FO2.C20H25FO2/c1-3-6-21-8-7-20(2)12-15(24)11-17(20)19(21)18(22)10-13-9-14(23)4-5-16(13)21;1-3-20-7-6-19(2)11-14(23)10-16(19)18(20)17(21)9-12-8-13(22)4-5-15(12)20/h3-5,9,15,17-19,23-24H,1,6-8,10-12H2,2H3;3-5,8,14,16-18,22-23H,1,6-7,9-11H2,2H3/t15-,17+,18-,19-,20-,21-;14-,16+,17-,18-,19-,20-/m11/s1. The molecule has 6 aliphatic carbocycles. The molecule has 0 unspecified atom stereocenters. The summed E-state index contributed by atoms with van der Waals surface area (Å²) < 4.78 is 30.7. The van der Waals surface area contributed by atoms with Crippen LogP contribution in [0.25, 0.3) is 0 Å². The molecule has 47 heavy (non-hydrogen) atoms. The zero-order valence-electron chi connectivity index (χ0n) is 28.0. The lowest BCUT2D eigenvalue weighted by Gasteiger charge is -2.57. The second-order valence-corrected chi connectivity index (χ2v) is 16.8. The van der Waals surface area contributed by atoms with Crippen molar-refractivity contribution in [2.24, 2.45) is 34.5 Å². The van der Waals surface area contributed by atoms with Gasteiger partial charge in [-0.1, -0.05) is 38.1 Å². The monoisotopic (exact) mass is 646 g/mol. The van der Waals surface area contributed by atoms with Crippen LogP contribution in [0.5, 0.6) is 11.5 Å². The summed E-state index contributed by atoms with van der Waals surface area (Å²) in [5.41, 5.74) is 3.67. The van der Waals surface area contributed by atoms with Crippen LogP contribution >= 0.6 is 0 Å². The van der Waals surface area contributed by atoms with Crippen LogP contribution in [-0.4, -0.2) is 45.0 Å². The first-order valence-corrected chi connectivity index (χ1v) is 17.8. The molecule has 0 aliphatic heterocycles. The van der Waals surface area contributed by atoms with Gasteiger partial charge in [0.2, 0.25) is 0 Å². The minimum Gasteiger partial charge on any atom is -0.508 e. The molecule has 0 heterocycles. The van der Waals surface area contributed by atoms with Gasteiger partial charge in [0.1, 0.15) is 23.8 Å². The minimum absolute atomic E-state index is 0.0371. The average molecular weight is 647 g/mol. The largest absolute Gasteiger partial charge is 0.508 e. The first kappa shape index (κ1) is 32.8. The Hall–Kier alpha value is -2.70. The normalized spacial score (nSPS) is 44.3. The number of aliphatic hydroxyl groups is 2. The van der Waals surface area contributed by atoms with Gasteiger partial charge in [-0.25, -0.2) is 8.78 Å². The molecule has 4 saturated carbocycles. The molecule has 0 spiro atoms. The number of allylic oxidation sites excluding steroid dienone is 2. The number of rotatable bonds is 3. The van der Waals surface area contributed by atoms with E-state index in [0.717, 1.165) is 61.6 Å². The lowest BCUT2D eigenvalue weighted by molar-refractivity contribution is -0.0363. The van der Waals surface area contributed by atoms with Gasteiger partial charge in [-0.2, -0.15) is 0 Å². The molecule has 0 amide bonds. The predicted octanol–water partition coefficient (Wildman–Crippen LogP) is 8.18. The molecule has 0 saturated heterocycles. The number of alkyl halides is 2. The number of phenolic OH excluding ortho intramolecular Hbond substituents is 2. The van der Waals surface area contributed by atoms with E-state index >= 15 is 8.78 Å². The Kier molecular flexibility index (Phi) is 7.99. The second kappa shape index (κ2) is 11.4. The fourth-order valence-corrected chi connectivity index (χ4v) is 12.4. The maximum Gasteiger partial charge on any atom is 0.115 e. The number of aliphatic hydroxyl groups excluding tert-OH is 2. The van der Waals surface area contributed by atoms with Crippen molar-refractivity contribution < 1.29 is 29.2 Å². The van der Waals surface area contributed by atoms with Crippen LogP contribution in [0.15, 0.2) is 61.7 Å². The molecule has 4 fully saturated rings. The molecule has 12 atom stereocenters. The first-order valence-electron chi connectivity index (χ1n) is 17.8. The third-order valence-corrected chi connectivity index (χ3v) is 14.3. The van der Waals surface area contributed by atoms with Gasteiger partial charge in [0.25, 0.3) is 0 Å². The summed E-state index contributed by atoms with van der Waals surface area (Å²) in [6.07, 6.45) is 9.71. The summed E-state index contributed by atoms with van der Waals surface area (Å²) >= 11 is 0. The second-order valence-electron chi connectivity index (χ2n) is 16.8. The van der Waals surface area contributed by atoms with E-state index in [1.165, 1.54) is 5.56 Å². The quantitative estimate of drug-likeness (QED) is 0.254. The van der Waals surface area contributed by atoms with E-state index in [4.69, 9.17) is 0 Å². The van der Waals surface area contributed by atoms with Crippen LogP contribution in [0.4, 0.5) is 8.78 Å². The van der Waals surface area contributed by atoms with Gasteiger partial charge in [0.15, 0.2) is 0 Å². The minimum atomic E-state index is -0.947. The van der Waals surface area contributed by atoms with Crippen molar-refractivity contribution in [2.45, 2.75) is 120 Å². The number of aromatic hydroxyl groups is 2. The third kappa shape index (κ3) is 4.94. The molecular weight excluding hydrogens is 594 g/mol. The van der Waals surface area contributed by atoms with E-state index in [9.17, 15) is 20.4 Å². The molecule has 4 nitrogen and oxygen atoms in total. The van der Waals surface area contributed by atoms with Gasteiger partial charge in [0.05, 0.1) is 12.2 Å². The van der Waals surface area contributed by atoms with Crippen LogP contribution in [-0.2, 0) is 23.7 Å². The van der Waals surface area contributed by atoms with Gasteiger partial charge >= 0.3 is 0 Å². The third-order valence-electron chi connectivity index (χ3n) is 14.3. The molecule has 4 N–H and O–H groups in total. The summed E-state index contributed by atoms with van der Waals surface area (Å²) in [5.74, 6) is 0.645. The van der Waals surface area contributed by atoms with Crippen molar-refractivity contribution in [2.75, 3.05) is 0 Å². The van der Waals surface area contributed by atoms with Crippen LogP contribution < -0.4 is 0 Å². The maximum atomic E-state index is 15.4. The Morgan fingerprint density at radius 2 is 1.26 bits per heavy atom. The highest BCUT2D eigenvalue weighted by atomic mass is 19.1. The molecule has 6 aliphatic rings. The summed E-state index contributed by atoms with van der Waals surface area (Å²) in [7, 11) is 0. The van der Waals surface area contributed by atoms with Crippen molar-refractivity contribution in [3.05, 3.63) is 84.0 Å². The lowest BCUT2D eigenvalue weighted by atomic mass is 9.47. The highest BCUT2D eigenvalue weighted by Crippen LogP contribution is 2.66. The topological polar surface area (TPSA) is 80.9 Å². The predicted molar refractivity (Wildman–Crippen MR) is 181 cm³/mol. The highest BCUT2D eigenvalue weighted by molar-refractivity contribution is 5.48. The Morgan fingerprint density at radius 3 is 1.83 bits per heavy atom. The zero-order valence-corrected chi connectivity index (χ0v) is 28.0. The molecule has 0 radical (unpaired) electrons. The number of halogens is 2. The Bertz CT molecular complexity index is 1560. The molecule has 8 rings (SSSR count). The van der Waals surface area contributed by atoms with Gasteiger partial charge < -0.3 is 20.4 Å². The van der Waals surface area contributed by atoms with Crippen LogP contribution in [0.3, 0.4) is 0 Å². The van der Waals surface area contributed by atoms with Crippen molar-refractivity contribution in [1.82, 2.24) is 0 Å². The first-order chi connectivity index (χ1) is 22.3. The molecular formula is C41H52F2O4. The van der Waals surface area contributed by atoms with Crippen molar-refractivity contribution in [1.29, 1.82) is 0 Å². The Balaban J connectivity index is 0.000000150. The van der Waals surface area contributed by atoms with E-state index in [0.29, 0.717) is 25.7 Å². The fraction of sp³-hybridized carbons (Fsp3) is 0.610. The van der Waals surface area contributed by atoms with E-state index in [-0.39, 0.29) is 69.0 Å². The average Bonchev–Trinajstić information content (AvgIpc) is 3.49.